The van der Waals surface area contributed by atoms with E-state index in [-0.39, 0.29) is 5.91 Å². The van der Waals surface area contributed by atoms with E-state index in [1.807, 2.05) is 31.2 Å². The van der Waals surface area contributed by atoms with Gasteiger partial charge in [-0.05, 0) is 56.0 Å². The third kappa shape index (κ3) is 5.42. The first-order valence-electron chi connectivity index (χ1n) is 9.29. The molecule has 6 nitrogen and oxygen atoms in total. The van der Waals surface area contributed by atoms with Crippen LogP contribution in [-0.2, 0) is 17.8 Å². The van der Waals surface area contributed by atoms with Crippen molar-refractivity contribution in [1.82, 2.24) is 20.0 Å². The summed E-state index contributed by atoms with van der Waals surface area (Å²) in [6, 6.07) is 7.79. The number of nitrogens with zero attached hydrogens (tertiary/aromatic N) is 4. The standard InChI is InChI=1S/C20H25N5OS2/c1-13(2)11-25-15(4)18(14(3)24-25)9-10-19(26)22-16-5-7-17(8-6-16)28-20-23-21-12-27-20/h5-8,12-13H,9-11H2,1-4H3,(H,22,26). The van der Waals surface area contributed by atoms with Crippen molar-refractivity contribution in [2.24, 2.45) is 5.92 Å². The molecule has 0 bridgehead atoms. The summed E-state index contributed by atoms with van der Waals surface area (Å²) in [5, 5.41) is 15.5. The Morgan fingerprint density at radius 2 is 2.00 bits per heavy atom. The van der Waals surface area contributed by atoms with Crippen LogP contribution < -0.4 is 5.32 Å². The molecule has 1 N–H and O–H groups in total. The molecular weight excluding hydrogens is 390 g/mol. The number of rotatable bonds is 8. The molecule has 2 aromatic heterocycles. The quantitative estimate of drug-likeness (QED) is 0.576. The van der Waals surface area contributed by atoms with Crippen molar-refractivity contribution in [1.29, 1.82) is 0 Å². The van der Waals surface area contributed by atoms with E-state index in [2.05, 4.69) is 46.1 Å². The molecule has 0 aliphatic carbocycles. The molecule has 0 radical (unpaired) electrons. The normalized spacial score (nSPS) is 11.2. The summed E-state index contributed by atoms with van der Waals surface area (Å²) < 4.78 is 2.96. The number of aromatic nitrogens is 4. The van der Waals surface area contributed by atoms with Gasteiger partial charge in [0.05, 0.1) is 5.69 Å². The molecule has 0 spiro atoms. The minimum Gasteiger partial charge on any atom is -0.326 e. The first-order chi connectivity index (χ1) is 13.4. The highest BCUT2D eigenvalue weighted by Crippen LogP contribution is 2.29. The molecule has 2 heterocycles. The maximum Gasteiger partial charge on any atom is 0.224 e. The van der Waals surface area contributed by atoms with Gasteiger partial charge in [-0.25, -0.2) is 0 Å². The number of amides is 1. The number of hydrogen-bond acceptors (Lipinski definition) is 6. The molecule has 8 heteroatoms. The largest absolute Gasteiger partial charge is 0.326 e. The maximum atomic E-state index is 12.4. The lowest BCUT2D eigenvalue weighted by atomic mass is 10.1. The van der Waals surface area contributed by atoms with Crippen LogP contribution in [0, 0.1) is 19.8 Å². The fourth-order valence-corrected chi connectivity index (χ4v) is 4.45. The zero-order valence-corrected chi connectivity index (χ0v) is 18.2. The van der Waals surface area contributed by atoms with Crippen molar-refractivity contribution >= 4 is 34.7 Å². The Kier molecular flexibility index (Phi) is 6.85. The fraction of sp³-hybridized carbons (Fsp3) is 0.400. The van der Waals surface area contributed by atoms with Gasteiger partial charge >= 0.3 is 0 Å². The number of aryl methyl sites for hydroxylation is 1. The van der Waals surface area contributed by atoms with E-state index in [0.717, 1.165) is 32.9 Å². The van der Waals surface area contributed by atoms with Crippen molar-refractivity contribution in [3.8, 4) is 0 Å². The van der Waals surface area contributed by atoms with E-state index in [9.17, 15) is 4.79 Å². The molecular formula is C20H25N5OS2. The van der Waals surface area contributed by atoms with Gasteiger partial charge in [-0.1, -0.05) is 36.9 Å². The number of carbonyl (C=O) groups excluding carboxylic acids is 1. The lowest BCUT2D eigenvalue weighted by molar-refractivity contribution is -0.116. The maximum absolute atomic E-state index is 12.4. The highest BCUT2D eigenvalue weighted by atomic mass is 32.2. The van der Waals surface area contributed by atoms with E-state index in [4.69, 9.17) is 0 Å². The zero-order valence-electron chi connectivity index (χ0n) is 16.6. The van der Waals surface area contributed by atoms with Gasteiger partial charge in [-0.2, -0.15) is 5.10 Å². The predicted octanol–water partition coefficient (Wildman–Crippen LogP) is 4.73. The van der Waals surface area contributed by atoms with Crippen molar-refractivity contribution in [2.75, 3.05) is 5.32 Å². The predicted molar refractivity (Wildman–Crippen MR) is 114 cm³/mol. The molecule has 0 saturated heterocycles. The molecule has 0 unspecified atom stereocenters. The van der Waals surface area contributed by atoms with Gasteiger partial charge in [-0.15, -0.1) is 10.2 Å². The molecule has 148 valence electrons. The highest BCUT2D eigenvalue weighted by Gasteiger charge is 2.14. The minimum atomic E-state index is 0.0138. The molecule has 28 heavy (non-hydrogen) atoms. The van der Waals surface area contributed by atoms with E-state index in [1.54, 1.807) is 17.3 Å². The number of anilines is 1. The van der Waals surface area contributed by atoms with Crippen LogP contribution in [0.3, 0.4) is 0 Å². The smallest absolute Gasteiger partial charge is 0.224 e. The summed E-state index contributed by atoms with van der Waals surface area (Å²) in [4.78, 5) is 13.4. The molecule has 0 aliphatic heterocycles. The Labute approximate surface area is 173 Å². The Balaban J connectivity index is 1.54. The molecule has 3 rings (SSSR count). The van der Waals surface area contributed by atoms with Crippen molar-refractivity contribution in [3.05, 3.63) is 46.7 Å². The summed E-state index contributed by atoms with van der Waals surface area (Å²) in [5.74, 6) is 0.557. The second-order valence-corrected chi connectivity index (χ2v) is 9.26. The Hall–Kier alpha value is -2.19. The van der Waals surface area contributed by atoms with Crippen LogP contribution in [0.5, 0.6) is 0 Å². The van der Waals surface area contributed by atoms with E-state index >= 15 is 0 Å². The van der Waals surface area contributed by atoms with Crippen LogP contribution >= 0.6 is 23.1 Å². The fourth-order valence-electron chi connectivity index (χ4n) is 3.00. The SMILES string of the molecule is Cc1nn(CC(C)C)c(C)c1CCC(=O)Nc1ccc(Sc2nncs2)cc1. The number of benzene rings is 1. The van der Waals surface area contributed by atoms with E-state index in [1.165, 1.54) is 16.9 Å². The lowest BCUT2D eigenvalue weighted by Crippen LogP contribution is -2.13. The van der Waals surface area contributed by atoms with Gasteiger partial charge in [0.15, 0.2) is 4.34 Å². The second-order valence-electron chi connectivity index (χ2n) is 7.10. The average Bonchev–Trinajstić information content (AvgIpc) is 3.23. The van der Waals surface area contributed by atoms with Gasteiger partial charge in [0.2, 0.25) is 5.91 Å². The molecule has 0 fully saturated rings. The van der Waals surface area contributed by atoms with Crippen LogP contribution in [0.4, 0.5) is 5.69 Å². The van der Waals surface area contributed by atoms with Crippen LogP contribution in [0.2, 0.25) is 0 Å². The minimum absolute atomic E-state index is 0.0138. The summed E-state index contributed by atoms with van der Waals surface area (Å²) in [5.41, 5.74) is 5.88. The first kappa shape index (κ1) is 20.5. The Morgan fingerprint density at radius 3 is 2.64 bits per heavy atom. The van der Waals surface area contributed by atoms with Gasteiger partial charge in [0.25, 0.3) is 0 Å². The number of hydrogen-bond donors (Lipinski definition) is 1. The second kappa shape index (κ2) is 9.34. The zero-order chi connectivity index (χ0) is 20.1. The summed E-state index contributed by atoms with van der Waals surface area (Å²) in [7, 11) is 0. The molecule has 0 saturated carbocycles. The first-order valence-corrected chi connectivity index (χ1v) is 11.0. The highest BCUT2D eigenvalue weighted by molar-refractivity contribution is 8.01. The van der Waals surface area contributed by atoms with Crippen molar-refractivity contribution < 1.29 is 4.79 Å². The summed E-state index contributed by atoms with van der Waals surface area (Å²) in [6.45, 7) is 9.37. The molecule has 1 aromatic carbocycles. The summed E-state index contributed by atoms with van der Waals surface area (Å²) in [6.07, 6.45) is 1.14. The van der Waals surface area contributed by atoms with Gasteiger partial charge in [0.1, 0.15) is 5.51 Å². The van der Waals surface area contributed by atoms with Gasteiger partial charge < -0.3 is 5.32 Å². The monoisotopic (exact) mass is 415 g/mol. The Morgan fingerprint density at radius 1 is 1.25 bits per heavy atom. The topological polar surface area (TPSA) is 72.7 Å². The van der Waals surface area contributed by atoms with Crippen LogP contribution in [0.1, 0.15) is 37.2 Å². The number of carbonyl (C=O) groups is 1. The van der Waals surface area contributed by atoms with Gasteiger partial charge in [-0.3, -0.25) is 9.48 Å². The lowest BCUT2D eigenvalue weighted by Gasteiger charge is -2.08. The van der Waals surface area contributed by atoms with Crippen LogP contribution in [0.15, 0.2) is 39.0 Å². The Bertz CT molecular complexity index is 917. The molecule has 0 atom stereocenters. The average molecular weight is 416 g/mol. The van der Waals surface area contributed by atoms with Crippen LogP contribution in [0.25, 0.3) is 0 Å². The third-order valence-corrected chi connectivity index (χ3v) is 6.14. The van der Waals surface area contributed by atoms with Gasteiger partial charge in [0, 0.05) is 29.2 Å². The molecule has 3 aromatic rings. The summed E-state index contributed by atoms with van der Waals surface area (Å²) >= 11 is 3.07. The molecule has 1 amide bonds. The third-order valence-electron chi connectivity index (χ3n) is 4.35. The molecule has 0 aliphatic rings. The number of nitrogens with one attached hydrogen (secondary N) is 1. The van der Waals surface area contributed by atoms with E-state index < -0.39 is 0 Å². The van der Waals surface area contributed by atoms with Crippen molar-refractivity contribution in [2.45, 2.75) is 56.3 Å². The van der Waals surface area contributed by atoms with Crippen molar-refractivity contribution in [3.63, 3.8) is 0 Å². The van der Waals surface area contributed by atoms with Crippen LogP contribution in [-0.4, -0.2) is 25.9 Å². The van der Waals surface area contributed by atoms with E-state index in [0.29, 0.717) is 18.8 Å².